The summed E-state index contributed by atoms with van der Waals surface area (Å²) in [5.74, 6) is 6.38. The van der Waals surface area contributed by atoms with Crippen molar-refractivity contribution in [2.45, 2.75) is 4.90 Å². The molecular weight excluding hydrogens is 288 g/mol. The Hall–Kier alpha value is -2.36. The summed E-state index contributed by atoms with van der Waals surface area (Å²) >= 11 is 0. The van der Waals surface area contributed by atoms with Crippen LogP contribution in [0.4, 0.5) is 0 Å². The second-order valence-corrected chi connectivity index (χ2v) is 5.81. The van der Waals surface area contributed by atoms with Crippen LogP contribution in [0.15, 0.2) is 53.7 Å². The van der Waals surface area contributed by atoms with Gasteiger partial charge in [-0.15, -0.1) is 0 Å². The summed E-state index contributed by atoms with van der Waals surface area (Å²) in [5.41, 5.74) is 0.788. The Morgan fingerprint density at radius 1 is 1.24 bits per heavy atom. The molecule has 0 aliphatic rings. The average Bonchev–Trinajstić information content (AvgIpc) is 2.53. The Morgan fingerprint density at radius 2 is 2.00 bits per heavy atom. The van der Waals surface area contributed by atoms with Crippen LogP contribution >= 0.6 is 0 Å². The van der Waals surface area contributed by atoms with Crippen LogP contribution in [0.5, 0.6) is 5.75 Å². The number of methoxy groups -OCH3 is 1. The fourth-order valence-corrected chi connectivity index (χ4v) is 2.43. The van der Waals surface area contributed by atoms with Crippen LogP contribution in [-0.2, 0) is 10.0 Å². The first kappa shape index (κ1) is 15.0. The molecular formula is C15H14N2O3S. The Kier molecular flexibility index (Phi) is 4.93. The first-order valence-corrected chi connectivity index (χ1v) is 7.63. The van der Waals surface area contributed by atoms with Crippen molar-refractivity contribution in [1.29, 1.82) is 0 Å². The van der Waals surface area contributed by atoms with E-state index < -0.39 is 10.0 Å². The lowest BCUT2D eigenvalue weighted by Gasteiger charge is -2.02. The summed E-state index contributed by atoms with van der Waals surface area (Å²) in [6.07, 6.45) is 2.81. The predicted molar refractivity (Wildman–Crippen MR) is 79.3 cm³/mol. The molecule has 5 nitrogen and oxygen atoms in total. The quantitative estimate of drug-likeness (QED) is 0.867. The summed E-state index contributed by atoms with van der Waals surface area (Å²) in [7, 11) is -1.97. The van der Waals surface area contributed by atoms with E-state index >= 15 is 0 Å². The van der Waals surface area contributed by atoms with Crippen molar-refractivity contribution in [3.8, 4) is 17.6 Å². The van der Waals surface area contributed by atoms with Crippen LogP contribution in [-0.4, -0.2) is 27.1 Å². The number of nitrogens with zero attached hydrogens (tertiary/aromatic N) is 1. The third kappa shape index (κ3) is 4.31. The van der Waals surface area contributed by atoms with Crippen molar-refractivity contribution in [2.24, 2.45) is 0 Å². The highest BCUT2D eigenvalue weighted by atomic mass is 32.2. The van der Waals surface area contributed by atoms with Crippen LogP contribution in [0.2, 0.25) is 0 Å². The van der Waals surface area contributed by atoms with Gasteiger partial charge in [-0.1, -0.05) is 11.8 Å². The summed E-state index contributed by atoms with van der Waals surface area (Å²) < 4.78 is 31.2. The van der Waals surface area contributed by atoms with Crippen molar-refractivity contribution in [1.82, 2.24) is 9.71 Å². The predicted octanol–water partition coefficient (Wildman–Crippen LogP) is 1.42. The summed E-state index contributed by atoms with van der Waals surface area (Å²) in [6.45, 7) is 0.0310. The number of pyridine rings is 1. The van der Waals surface area contributed by atoms with Crippen LogP contribution in [0, 0.1) is 11.8 Å². The maximum absolute atomic E-state index is 11.9. The Labute approximate surface area is 124 Å². The molecule has 0 amide bonds. The molecule has 0 aliphatic carbocycles. The van der Waals surface area contributed by atoms with E-state index in [9.17, 15) is 8.42 Å². The maximum atomic E-state index is 11.9. The van der Waals surface area contributed by atoms with E-state index in [-0.39, 0.29) is 11.4 Å². The van der Waals surface area contributed by atoms with E-state index in [1.54, 1.807) is 37.4 Å². The third-order valence-corrected chi connectivity index (χ3v) is 4.00. The van der Waals surface area contributed by atoms with Crippen LogP contribution in [0.1, 0.15) is 5.56 Å². The van der Waals surface area contributed by atoms with E-state index in [0.717, 1.165) is 11.3 Å². The summed E-state index contributed by atoms with van der Waals surface area (Å²) in [6, 6.07) is 10.3. The van der Waals surface area contributed by atoms with E-state index in [1.807, 2.05) is 0 Å². The van der Waals surface area contributed by atoms with Crippen LogP contribution in [0.25, 0.3) is 0 Å². The molecule has 0 aliphatic heterocycles. The van der Waals surface area contributed by atoms with Gasteiger partial charge in [0.1, 0.15) is 10.6 Å². The van der Waals surface area contributed by atoms with Gasteiger partial charge in [-0.3, -0.25) is 4.98 Å². The molecule has 0 spiro atoms. The molecule has 108 valence electrons. The van der Waals surface area contributed by atoms with E-state index in [1.165, 1.54) is 18.5 Å². The molecule has 2 rings (SSSR count). The van der Waals surface area contributed by atoms with Crippen molar-refractivity contribution < 1.29 is 13.2 Å². The van der Waals surface area contributed by atoms with Gasteiger partial charge in [0.15, 0.2) is 0 Å². The molecule has 0 saturated carbocycles. The van der Waals surface area contributed by atoms with Crippen molar-refractivity contribution in [2.75, 3.05) is 13.7 Å². The number of aromatic nitrogens is 1. The second-order valence-electron chi connectivity index (χ2n) is 4.04. The molecule has 0 saturated heterocycles. The number of ether oxygens (including phenoxy) is 1. The lowest BCUT2D eigenvalue weighted by molar-refractivity contribution is 0.415. The molecule has 0 unspecified atom stereocenters. The standard InChI is InChI=1S/C15H14N2O3S/c1-20-14-8-6-13(7-9-14)4-2-11-17-21(18,19)15-5-3-10-16-12-15/h3,5-10,12,17H,11H2,1H3. The zero-order valence-corrected chi connectivity index (χ0v) is 12.2. The Morgan fingerprint density at radius 3 is 2.62 bits per heavy atom. The third-order valence-electron chi connectivity index (χ3n) is 2.62. The molecule has 1 aromatic carbocycles. The molecule has 1 aromatic heterocycles. The molecule has 0 radical (unpaired) electrons. The molecule has 6 heteroatoms. The first-order chi connectivity index (χ1) is 10.1. The summed E-state index contributed by atoms with van der Waals surface area (Å²) in [4.78, 5) is 3.90. The number of hydrogen-bond donors (Lipinski definition) is 1. The molecule has 2 aromatic rings. The summed E-state index contributed by atoms with van der Waals surface area (Å²) in [5, 5.41) is 0. The van der Waals surface area contributed by atoms with Gasteiger partial charge in [0.05, 0.1) is 13.7 Å². The largest absolute Gasteiger partial charge is 0.497 e. The molecule has 1 N–H and O–H groups in total. The van der Waals surface area contributed by atoms with Crippen molar-refractivity contribution in [3.63, 3.8) is 0 Å². The highest BCUT2D eigenvalue weighted by Gasteiger charge is 2.11. The molecule has 0 atom stereocenters. The fraction of sp³-hybridized carbons (Fsp3) is 0.133. The van der Waals surface area contributed by atoms with Gasteiger partial charge in [0.2, 0.25) is 10.0 Å². The zero-order valence-electron chi connectivity index (χ0n) is 11.4. The second kappa shape index (κ2) is 6.88. The maximum Gasteiger partial charge on any atom is 0.242 e. The van der Waals surface area contributed by atoms with Gasteiger partial charge in [-0.2, -0.15) is 4.72 Å². The molecule has 21 heavy (non-hydrogen) atoms. The topological polar surface area (TPSA) is 68.3 Å². The number of benzene rings is 1. The van der Waals surface area contributed by atoms with Crippen molar-refractivity contribution >= 4 is 10.0 Å². The highest BCUT2D eigenvalue weighted by molar-refractivity contribution is 7.89. The van der Waals surface area contributed by atoms with Gasteiger partial charge in [0.25, 0.3) is 0 Å². The van der Waals surface area contributed by atoms with Crippen molar-refractivity contribution in [3.05, 3.63) is 54.4 Å². The number of nitrogens with one attached hydrogen (secondary N) is 1. The lowest BCUT2D eigenvalue weighted by Crippen LogP contribution is -2.24. The zero-order chi connectivity index (χ0) is 15.1. The van der Waals surface area contributed by atoms with E-state index in [4.69, 9.17) is 4.74 Å². The fourth-order valence-electron chi connectivity index (χ4n) is 1.54. The molecule has 0 bridgehead atoms. The van der Waals surface area contributed by atoms with E-state index in [2.05, 4.69) is 21.5 Å². The first-order valence-electron chi connectivity index (χ1n) is 6.14. The average molecular weight is 302 g/mol. The highest BCUT2D eigenvalue weighted by Crippen LogP contribution is 2.10. The van der Waals surface area contributed by atoms with Gasteiger partial charge in [-0.25, -0.2) is 8.42 Å². The smallest absolute Gasteiger partial charge is 0.242 e. The van der Waals surface area contributed by atoms with E-state index in [0.29, 0.717) is 0 Å². The van der Waals surface area contributed by atoms with Gasteiger partial charge < -0.3 is 4.74 Å². The number of sulfonamides is 1. The van der Waals surface area contributed by atoms with Crippen LogP contribution in [0.3, 0.4) is 0 Å². The van der Waals surface area contributed by atoms with Gasteiger partial charge in [-0.05, 0) is 36.4 Å². The minimum absolute atomic E-state index is 0.0310. The molecule has 0 fully saturated rings. The number of hydrogen-bond acceptors (Lipinski definition) is 4. The SMILES string of the molecule is COc1ccc(C#CCNS(=O)(=O)c2cccnc2)cc1. The Balaban J connectivity index is 1.97. The molecule has 1 heterocycles. The monoisotopic (exact) mass is 302 g/mol. The lowest BCUT2D eigenvalue weighted by atomic mass is 10.2. The number of rotatable bonds is 4. The minimum atomic E-state index is -3.56. The minimum Gasteiger partial charge on any atom is -0.497 e. The van der Waals surface area contributed by atoms with Crippen LogP contribution < -0.4 is 9.46 Å². The normalized spacial score (nSPS) is 10.5. The Bertz CT molecular complexity index is 745. The van der Waals surface area contributed by atoms with Gasteiger partial charge in [0, 0.05) is 18.0 Å². The van der Waals surface area contributed by atoms with Gasteiger partial charge >= 0.3 is 0 Å².